The van der Waals surface area contributed by atoms with Gasteiger partial charge in [0.2, 0.25) is 0 Å². The summed E-state index contributed by atoms with van der Waals surface area (Å²) in [5.74, 6) is -1.77. The first-order chi connectivity index (χ1) is 17.5. The number of halogens is 4. The van der Waals surface area contributed by atoms with Crippen LogP contribution in [0.15, 0.2) is 41.5 Å². The summed E-state index contributed by atoms with van der Waals surface area (Å²) < 4.78 is 15.7. The third-order valence-electron chi connectivity index (χ3n) is 6.19. The number of nitrogens with one attached hydrogen (secondary N) is 1. The van der Waals surface area contributed by atoms with Gasteiger partial charge in [0.25, 0.3) is 5.56 Å². The van der Waals surface area contributed by atoms with Gasteiger partial charge in [-0.25, -0.2) is 19.2 Å². The second kappa shape index (κ2) is 9.44. The second-order valence-electron chi connectivity index (χ2n) is 8.56. The fourth-order valence-corrected chi connectivity index (χ4v) is 5.02. The molecule has 5 rings (SSSR count). The molecule has 0 saturated heterocycles. The van der Waals surface area contributed by atoms with Crippen molar-refractivity contribution in [2.75, 3.05) is 10.2 Å². The van der Waals surface area contributed by atoms with Gasteiger partial charge in [-0.3, -0.25) is 14.2 Å². The lowest BCUT2D eigenvalue weighted by molar-refractivity contribution is 0.0691. The van der Waals surface area contributed by atoms with E-state index in [0.717, 1.165) is 21.9 Å². The maximum Gasteiger partial charge on any atom is 0.356 e. The number of nitrogens with zero attached hydrogens (tertiary/aromatic N) is 5. The summed E-state index contributed by atoms with van der Waals surface area (Å²) in [6.07, 6.45) is 2.56. The number of hydrogen-bond acceptors (Lipinski definition) is 7. The Morgan fingerprint density at radius 3 is 2.73 bits per heavy atom. The van der Waals surface area contributed by atoms with Crippen molar-refractivity contribution < 1.29 is 14.3 Å². The number of carbonyl (C=O) groups is 1. The molecular weight excluding hydrogens is 546 g/mol. The van der Waals surface area contributed by atoms with Crippen molar-refractivity contribution in [3.63, 3.8) is 0 Å². The van der Waals surface area contributed by atoms with Crippen LogP contribution in [-0.2, 0) is 6.54 Å². The molecule has 1 aliphatic heterocycles. The van der Waals surface area contributed by atoms with Crippen LogP contribution < -0.4 is 15.8 Å². The standard InChI is InChI=1S/C24H18Cl3FN6O3/c1-10(30-16-3-4-17(26)31-20(16)24(36)37)15-6-14(28)9-34-21(15)32-22(18(27)23(34)35)33-8-12-5-13(25)7-29-19(12)11(33)2/h3-7,9-11,30H,8H2,1-2H3,(H,36,37)/t10-,11-/m1/s1. The Hall–Kier alpha value is -3.47. The molecule has 0 bridgehead atoms. The third-order valence-corrected chi connectivity index (χ3v) is 6.94. The highest BCUT2D eigenvalue weighted by molar-refractivity contribution is 6.33. The SMILES string of the molecule is C[C@@H]1c2ncc(Cl)cc2CN1c1nc2c([C@@H](C)Nc3ccc(Cl)nc3C(=O)O)cc(F)cn2c(=O)c1Cl. The fourth-order valence-electron chi connectivity index (χ4n) is 4.45. The van der Waals surface area contributed by atoms with Crippen LogP contribution >= 0.6 is 34.8 Å². The van der Waals surface area contributed by atoms with E-state index in [0.29, 0.717) is 17.1 Å². The first-order valence-electron chi connectivity index (χ1n) is 11.0. The minimum absolute atomic E-state index is 0.0100. The molecule has 37 heavy (non-hydrogen) atoms. The Balaban J connectivity index is 1.62. The Bertz CT molecular complexity index is 1650. The molecule has 4 aromatic heterocycles. The molecule has 2 N–H and O–H groups in total. The highest BCUT2D eigenvalue weighted by atomic mass is 35.5. The van der Waals surface area contributed by atoms with Crippen LogP contribution in [0.25, 0.3) is 5.65 Å². The minimum atomic E-state index is -1.29. The summed E-state index contributed by atoms with van der Waals surface area (Å²) in [5, 5.41) is 12.9. The molecule has 0 aromatic carbocycles. The maximum absolute atomic E-state index is 14.6. The van der Waals surface area contributed by atoms with E-state index in [1.165, 1.54) is 18.2 Å². The van der Waals surface area contributed by atoms with Crippen molar-refractivity contribution in [3.05, 3.63) is 90.5 Å². The third kappa shape index (κ3) is 4.45. The van der Waals surface area contributed by atoms with Gasteiger partial charge >= 0.3 is 5.97 Å². The van der Waals surface area contributed by atoms with E-state index in [2.05, 4.69) is 20.3 Å². The molecule has 0 fully saturated rings. The number of rotatable bonds is 5. The van der Waals surface area contributed by atoms with E-state index < -0.39 is 23.4 Å². The van der Waals surface area contributed by atoms with Gasteiger partial charge in [0, 0.05) is 24.5 Å². The summed E-state index contributed by atoms with van der Waals surface area (Å²) in [6.45, 7) is 3.95. The zero-order chi connectivity index (χ0) is 26.6. The van der Waals surface area contributed by atoms with Gasteiger partial charge < -0.3 is 15.3 Å². The average Bonchev–Trinajstić information content (AvgIpc) is 3.17. The smallest absolute Gasteiger partial charge is 0.356 e. The van der Waals surface area contributed by atoms with Crippen molar-refractivity contribution in [3.8, 4) is 0 Å². The van der Waals surface area contributed by atoms with Gasteiger partial charge in [-0.2, -0.15) is 0 Å². The second-order valence-corrected chi connectivity index (χ2v) is 9.77. The lowest BCUT2D eigenvalue weighted by Gasteiger charge is -2.25. The van der Waals surface area contributed by atoms with Crippen molar-refractivity contribution in [1.29, 1.82) is 0 Å². The van der Waals surface area contributed by atoms with E-state index in [4.69, 9.17) is 34.8 Å². The Morgan fingerprint density at radius 2 is 2.00 bits per heavy atom. The molecule has 0 spiro atoms. The van der Waals surface area contributed by atoms with Crippen molar-refractivity contribution in [2.24, 2.45) is 0 Å². The predicted octanol–water partition coefficient (Wildman–Crippen LogP) is 5.54. The van der Waals surface area contributed by atoms with Gasteiger partial charge in [0.05, 0.1) is 28.5 Å². The Labute approximate surface area is 224 Å². The van der Waals surface area contributed by atoms with Crippen LogP contribution in [0, 0.1) is 5.82 Å². The molecule has 190 valence electrons. The molecule has 2 atom stereocenters. The monoisotopic (exact) mass is 562 g/mol. The first-order valence-corrected chi connectivity index (χ1v) is 12.2. The van der Waals surface area contributed by atoms with E-state index >= 15 is 0 Å². The number of aromatic carboxylic acids is 1. The molecule has 0 radical (unpaired) electrons. The Morgan fingerprint density at radius 1 is 1.24 bits per heavy atom. The zero-order valence-electron chi connectivity index (χ0n) is 19.3. The van der Waals surface area contributed by atoms with Crippen molar-refractivity contribution in [2.45, 2.75) is 32.5 Å². The molecule has 13 heteroatoms. The molecule has 5 heterocycles. The van der Waals surface area contributed by atoms with Crippen molar-refractivity contribution in [1.82, 2.24) is 19.4 Å². The van der Waals surface area contributed by atoms with Gasteiger partial charge in [0.1, 0.15) is 21.6 Å². The normalized spacial score (nSPS) is 15.6. The summed E-state index contributed by atoms with van der Waals surface area (Å²) >= 11 is 18.4. The van der Waals surface area contributed by atoms with Crippen LogP contribution in [0.4, 0.5) is 15.9 Å². The molecule has 0 aliphatic carbocycles. The number of carboxylic acid groups (broad SMARTS) is 1. The molecule has 0 amide bonds. The van der Waals surface area contributed by atoms with E-state index in [-0.39, 0.29) is 39.1 Å². The van der Waals surface area contributed by atoms with Gasteiger partial charge in [-0.1, -0.05) is 34.8 Å². The van der Waals surface area contributed by atoms with Crippen LogP contribution in [0.5, 0.6) is 0 Å². The highest BCUT2D eigenvalue weighted by Crippen LogP contribution is 2.38. The largest absolute Gasteiger partial charge is 0.476 e. The number of anilines is 2. The lowest BCUT2D eigenvalue weighted by Crippen LogP contribution is -2.27. The van der Waals surface area contributed by atoms with Crippen LogP contribution in [0.2, 0.25) is 15.2 Å². The van der Waals surface area contributed by atoms with Crippen LogP contribution in [0.1, 0.15) is 53.2 Å². The number of aromatic nitrogens is 4. The molecule has 9 nitrogen and oxygen atoms in total. The molecule has 4 aromatic rings. The van der Waals surface area contributed by atoms with Crippen LogP contribution in [-0.4, -0.2) is 30.4 Å². The van der Waals surface area contributed by atoms with Gasteiger partial charge in [-0.05, 0) is 43.7 Å². The lowest BCUT2D eigenvalue weighted by atomic mass is 10.1. The summed E-state index contributed by atoms with van der Waals surface area (Å²) in [4.78, 5) is 39.7. The summed E-state index contributed by atoms with van der Waals surface area (Å²) in [5.41, 5.74) is 1.32. The molecule has 0 saturated carbocycles. The van der Waals surface area contributed by atoms with Gasteiger partial charge in [-0.15, -0.1) is 0 Å². The summed E-state index contributed by atoms with van der Waals surface area (Å²) in [7, 11) is 0. The number of carboxylic acids is 1. The molecular formula is C24H18Cl3FN6O3. The highest BCUT2D eigenvalue weighted by Gasteiger charge is 2.32. The van der Waals surface area contributed by atoms with Crippen LogP contribution in [0.3, 0.4) is 0 Å². The molecule has 1 aliphatic rings. The Kier molecular flexibility index (Phi) is 6.43. The van der Waals surface area contributed by atoms with E-state index in [9.17, 15) is 19.1 Å². The maximum atomic E-state index is 14.6. The predicted molar refractivity (Wildman–Crippen MR) is 139 cm³/mol. The van der Waals surface area contributed by atoms with Crippen molar-refractivity contribution >= 4 is 57.9 Å². The minimum Gasteiger partial charge on any atom is -0.476 e. The quantitative estimate of drug-likeness (QED) is 0.305. The number of pyridine rings is 3. The number of fused-ring (bicyclic) bond motifs is 2. The fraction of sp³-hybridized carbons (Fsp3) is 0.208. The number of hydrogen-bond donors (Lipinski definition) is 2. The topological polar surface area (TPSA) is 113 Å². The molecule has 0 unspecified atom stereocenters. The first kappa shape index (κ1) is 25.2. The average molecular weight is 564 g/mol. The van der Waals surface area contributed by atoms with E-state index in [1.807, 2.05) is 11.8 Å². The van der Waals surface area contributed by atoms with Gasteiger partial charge in [0.15, 0.2) is 11.5 Å². The van der Waals surface area contributed by atoms with E-state index in [1.54, 1.807) is 19.2 Å². The summed E-state index contributed by atoms with van der Waals surface area (Å²) in [6, 6.07) is 4.97. The zero-order valence-corrected chi connectivity index (χ0v) is 21.6.